The molecule has 0 aliphatic carbocycles. The molecular weight excluding hydrogens is 218 g/mol. The Morgan fingerprint density at radius 2 is 1.80 bits per heavy atom. The highest BCUT2D eigenvalue weighted by Gasteiger charge is 2.10. The molecule has 0 aromatic carbocycles. The minimum atomic E-state index is -0.198. The zero-order chi connectivity index (χ0) is 11.8. The van der Waals surface area contributed by atoms with Crippen molar-refractivity contribution in [1.29, 1.82) is 0 Å². The molecule has 0 heterocycles. The molecule has 2 N–H and O–H groups in total. The minimum Gasteiger partial charge on any atom is -0.354 e. The van der Waals surface area contributed by atoms with Gasteiger partial charge < -0.3 is 15.5 Å². The maximum atomic E-state index is 11.2. The highest BCUT2D eigenvalue weighted by molar-refractivity contribution is 6.19. The topological polar surface area (TPSA) is 61.4 Å². The Balaban J connectivity index is 3.55. The minimum absolute atomic E-state index is 0.0934. The summed E-state index contributed by atoms with van der Waals surface area (Å²) in [5.41, 5.74) is 0. The van der Waals surface area contributed by atoms with Crippen molar-refractivity contribution in [2.24, 2.45) is 5.92 Å². The summed E-state index contributed by atoms with van der Waals surface area (Å²) in [4.78, 5) is 23.7. The van der Waals surface area contributed by atoms with E-state index in [-0.39, 0.29) is 17.9 Å². The van der Waals surface area contributed by atoms with Crippen LogP contribution in [-0.4, -0.2) is 49.9 Å². The molecule has 0 rings (SSSR count). The van der Waals surface area contributed by atoms with E-state index in [2.05, 4.69) is 10.6 Å². The van der Waals surface area contributed by atoms with Crippen molar-refractivity contribution in [3.63, 3.8) is 0 Å². The van der Waals surface area contributed by atoms with Crippen molar-refractivity contribution in [2.75, 3.05) is 33.1 Å². The molecule has 0 aliphatic heterocycles. The van der Waals surface area contributed by atoms with Crippen molar-refractivity contribution in [3.8, 4) is 0 Å². The molecule has 6 heteroatoms. The van der Waals surface area contributed by atoms with Crippen LogP contribution in [0.5, 0.6) is 0 Å². The molecule has 0 fully saturated rings. The lowest BCUT2D eigenvalue weighted by Gasteiger charge is -2.13. The number of nitrogens with zero attached hydrogens (tertiary/aromatic N) is 1. The molecule has 0 aromatic heterocycles. The molecular formula is C9H18ClN3O2. The molecule has 0 saturated carbocycles. The van der Waals surface area contributed by atoms with E-state index in [4.69, 9.17) is 11.6 Å². The third-order valence-corrected chi connectivity index (χ3v) is 2.25. The first-order chi connectivity index (χ1) is 6.99. The number of nitrogens with one attached hydrogen (secondary N) is 2. The molecule has 15 heavy (non-hydrogen) atoms. The molecule has 1 unspecified atom stereocenters. The largest absolute Gasteiger partial charge is 0.354 e. The smallest absolute Gasteiger partial charge is 0.316 e. The molecule has 88 valence electrons. The Morgan fingerprint density at radius 1 is 1.27 bits per heavy atom. The average Bonchev–Trinajstić information content (AvgIpc) is 2.22. The van der Waals surface area contributed by atoms with E-state index in [1.54, 1.807) is 21.0 Å². The average molecular weight is 236 g/mol. The fourth-order valence-electron chi connectivity index (χ4n) is 0.758. The zero-order valence-electron chi connectivity index (χ0n) is 9.34. The Labute approximate surface area is 95.1 Å². The van der Waals surface area contributed by atoms with Gasteiger partial charge in [-0.25, -0.2) is 4.79 Å². The van der Waals surface area contributed by atoms with Gasteiger partial charge in [0, 0.05) is 39.0 Å². The lowest BCUT2D eigenvalue weighted by molar-refractivity contribution is -0.123. The summed E-state index contributed by atoms with van der Waals surface area (Å²) in [5.74, 6) is 0.0101. The summed E-state index contributed by atoms with van der Waals surface area (Å²) in [6.45, 7) is 2.58. The monoisotopic (exact) mass is 235 g/mol. The molecule has 0 spiro atoms. The van der Waals surface area contributed by atoms with E-state index < -0.39 is 0 Å². The number of carbonyl (C=O) groups is 2. The van der Waals surface area contributed by atoms with Gasteiger partial charge in [-0.3, -0.25) is 4.79 Å². The van der Waals surface area contributed by atoms with Crippen LogP contribution in [0.3, 0.4) is 0 Å². The second kappa shape index (κ2) is 7.34. The standard InChI is InChI=1S/C9H18ClN3O2/c1-7(6-10)8(14)11-4-5-12-9(15)13(2)3/h7H,4-6H2,1-3H3,(H,11,14)(H,12,15). The SMILES string of the molecule is CC(CCl)C(=O)NCCNC(=O)N(C)C. The Hall–Kier alpha value is -0.970. The lowest BCUT2D eigenvalue weighted by Crippen LogP contribution is -2.40. The predicted molar refractivity (Wildman–Crippen MR) is 60.0 cm³/mol. The Bertz CT molecular complexity index is 221. The second-order valence-electron chi connectivity index (χ2n) is 3.47. The van der Waals surface area contributed by atoms with Crippen LogP contribution in [0.1, 0.15) is 6.92 Å². The van der Waals surface area contributed by atoms with E-state index in [1.807, 2.05) is 0 Å². The van der Waals surface area contributed by atoms with Crippen LogP contribution < -0.4 is 10.6 Å². The Kier molecular flexibility index (Phi) is 6.86. The van der Waals surface area contributed by atoms with E-state index in [9.17, 15) is 9.59 Å². The summed E-state index contributed by atoms with van der Waals surface area (Å²) < 4.78 is 0. The van der Waals surface area contributed by atoms with Crippen LogP contribution >= 0.6 is 11.6 Å². The van der Waals surface area contributed by atoms with Gasteiger partial charge in [-0.1, -0.05) is 6.92 Å². The van der Waals surface area contributed by atoms with Crippen molar-refractivity contribution < 1.29 is 9.59 Å². The fraction of sp³-hybridized carbons (Fsp3) is 0.778. The van der Waals surface area contributed by atoms with Crippen LogP contribution in [0.2, 0.25) is 0 Å². The number of amides is 3. The van der Waals surface area contributed by atoms with Gasteiger partial charge in [-0.15, -0.1) is 11.6 Å². The van der Waals surface area contributed by atoms with Gasteiger partial charge >= 0.3 is 6.03 Å². The van der Waals surface area contributed by atoms with E-state index in [0.29, 0.717) is 19.0 Å². The van der Waals surface area contributed by atoms with Crippen LogP contribution in [0.15, 0.2) is 0 Å². The van der Waals surface area contributed by atoms with Crippen LogP contribution in [0.4, 0.5) is 4.79 Å². The second-order valence-corrected chi connectivity index (χ2v) is 3.78. The molecule has 0 aromatic rings. The van der Waals surface area contributed by atoms with Gasteiger partial charge in [0.05, 0.1) is 0 Å². The molecule has 0 aliphatic rings. The third kappa shape index (κ3) is 6.17. The van der Waals surface area contributed by atoms with Crippen LogP contribution in [0, 0.1) is 5.92 Å². The zero-order valence-corrected chi connectivity index (χ0v) is 10.1. The number of hydrogen-bond donors (Lipinski definition) is 2. The van der Waals surface area contributed by atoms with Gasteiger partial charge in [0.2, 0.25) is 5.91 Å². The summed E-state index contributed by atoms with van der Waals surface area (Å²) in [6, 6.07) is -0.172. The van der Waals surface area contributed by atoms with E-state index >= 15 is 0 Å². The van der Waals surface area contributed by atoms with Gasteiger partial charge in [0.15, 0.2) is 0 Å². The maximum Gasteiger partial charge on any atom is 0.316 e. The molecule has 0 bridgehead atoms. The van der Waals surface area contributed by atoms with Crippen LogP contribution in [-0.2, 0) is 4.79 Å². The van der Waals surface area contributed by atoms with Gasteiger partial charge in [0.1, 0.15) is 0 Å². The third-order valence-electron chi connectivity index (χ3n) is 1.79. The summed E-state index contributed by atoms with van der Waals surface area (Å²) in [6.07, 6.45) is 0. The van der Waals surface area contributed by atoms with Gasteiger partial charge in [-0.2, -0.15) is 0 Å². The summed E-state index contributed by atoms with van der Waals surface area (Å²) in [5, 5.41) is 5.30. The van der Waals surface area contributed by atoms with Crippen molar-refractivity contribution in [2.45, 2.75) is 6.92 Å². The normalized spacial score (nSPS) is 11.7. The number of halogens is 1. The molecule has 5 nitrogen and oxygen atoms in total. The van der Waals surface area contributed by atoms with Crippen LogP contribution in [0.25, 0.3) is 0 Å². The van der Waals surface area contributed by atoms with E-state index in [1.165, 1.54) is 4.90 Å². The number of urea groups is 1. The molecule has 1 atom stereocenters. The number of alkyl halides is 1. The lowest BCUT2D eigenvalue weighted by atomic mass is 10.2. The highest BCUT2D eigenvalue weighted by atomic mass is 35.5. The first-order valence-electron chi connectivity index (χ1n) is 4.77. The highest BCUT2D eigenvalue weighted by Crippen LogP contribution is 1.96. The Morgan fingerprint density at radius 3 is 2.27 bits per heavy atom. The molecule has 0 saturated heterocycles. The molecule has 3 amide bonds. The maximum absolute atomic E-state index is 11.2. The number of rotatable bonds is 5. The number of hydrogen-bond acceptors (Lipinski definition) is 2. The fourth-order valence-corrected chi connectivity index (χ4v) is 0.898. The van der Waals surface area contributed by atoms with E-state index in [0.717, 1.165) is 0 Å². The van der Waals surface area contributed by atoms with Crippen molar-refractivity contribution in [3.05, 3.63) is 0 Å². The predicted octanol–water partition coefficient (Wildman–Crippen LogP) is 0.249. The van der Waals surface area contributed by atoms with Gasteiger partial charge in [-0.05, 0) is 0 Å². The van der Waals surface area contributed by atoms with Crippen molar-refractivity contribution >= 4 is 23.5 Å². The first-order valence-corrected chi connectivity index (χ1v) is 5.31. The van der Waals surface area contributed by atoms with Gasteiger partial charge in [0.25, 0.3) is 0 Å². The summed E-state index contributed by atoms with van der Waals surface area (Å²) in [7, 11) is 3.31. The molecule has 0 radical (unpaired) electrons. The quantitative estimate of drug-likeness (QED) is 0.530. The van der Waals surface area contributed by atoms with Crippen molar-refractivity contribution in [1.82, 2.24) is 15.5 Å². The summed E-state index contributed by atoms with van der Waals surface area (Å²) >= 11 is 5.51. The first kappa shape index (κ1) is 14.0. The number of carbonyl (C=O) groups excluding carboxylic acids is 2.